The number of esters is 1. The molecule has 0 bridgehead atoms. The third kappa shape index (κ3) is 3.78. The van der Waals surface area contributed by atoms with Gasteiger partial charge in [0.1, 0.15) is 11.3 Å². The number of anilines is 1. The van der Waals surface area contributed by atoms with Crippen molar-refractivity contribution in [2.45, 2.75) is 13.0 Å². The van der Waals surface area contributed by atoms with E-state index in [1.807, 2.05) is 12.1 Å². The molecule has 0 fully saturated rings. The topological polar surface area (TPSA) is 75.6 Å². The van der Waals surface area contributed by atoms with Crippen molar-refractivity contribution in [1.29, 1.82) is 0 Å². The molecule has 0 saturated carbocycles. The molecule has 3 aromatic carbocycles. The Labute approximate surface area is 155 Å². The van der Waals surface area contributed by atoms with E-state index in [0.717, 1.165) is 5.39 Å². The molecule has 0 aromatic heterocycles. The molecular weight excluding hydrogens is 354 g/mol. The predicted octanol–water partition coefficient (Wildman–Crippen LogP) is 4.38. The zero-order chi connectivity index (χ0) is 18.7. The number of fused-ring (bicyclic) bond motifs is 1. The van der Waals surface area contributed by atoms with Gasteiger partial charge in [0.15, 0.2) is 6.10 Å². The van der Waals surface area contributed by atoms with E-state index in [4.69, 9.17) is 16.3 Å². The molecule has 0 aliphatic rings. The van der Waals surface area contributed by atoms with Crippen molar-refractivity contribution in [3.05, 3.63) is 71.2 Å². The quantitative estimate of drug-likeness (QED) is 0.669. The third-order valence-electron chi connectivity index (χ3n) is 3.87. The van der Waals surface area contributed by atoms with Crippen LogP contribution in [0.1, 0.15) is 17.3 Å². The van der Waals surface area contributed by atoms with Crippen LogP contribution in [0.4, 0.5) is 5.69 Å². The van der Waals surface area contributed by atoms with E-state index >= 15 is 0 Å². The van der Waals surface area contributed by atoms with Crippen LogP contribution in [0, 0.1) is 0 Å². The molecule has 3 aromatic rings. The van der Waals surface area contributed by atoms with Crippen LogP contribution in [0.15, 0.2) is 60.7 Å². The first-order valence-corrected chi connectivity index (χ1v) is 8.31. The third-order valence-corrected chi connectivity index (χ3v) is 4.10. The normalized spacial score (nSPS) is 11.8. The van der Waals surface area contributed by atoms with Crippen LogP contribution in [-0.2, 0) is 9.53 Å². The van der Waals surface area contributed by atoms with Crippen molar-refractivity contribution < 1.29 is 19.4 Å². The Balaban J connectivity index is 1.73. The van der Waals surface area contributed by atoms with Crippen LogP contribution in [0.25, 0.3) is 10.8 Å². The second kappa shape index (κ2) is 7.45. The van der Waals surface area contributed by atoms with E-state index in [1.165, 1.54) is 13.0 Å². The van der Waals surface area contributed by atoms with Crippen LogP contribution < -0.4 is 5.32 Å². The van der Waals surface area contributed by atoms with E-state index < -0.39 is 18.0 Å². The number of ether oxygens (including phenoxy) is 1. The highest BCUT2D eigenvalue weighted by Crippen LogP contribution is 2.29. The van der Waals surface area contributed by atoms with Crippen molar-refractivity contribution in [3.8, 4) is 5.75 Å². The molecule has 2 N–H and O–H groups in total. The smallest absolute Gasteiger partial charge is 0.342 e. The molecule has 0 unspecified atom stereocenters. The number of halogens is 1. The fraction of sp³-hybridized carbons (Fsp3) is 0.100. The van der Waals surface area contributed by atoms with Crippen LogP contribution in [0.2, 0.25) is 5.02 Å². The number of rotatable bonds is 4. The number of benzene rings is 3. The predicted molar refractivity (Wildman–Crippen MR) is 101 cm³/mol. The number of phenols is 1. The number of nitrogens with one attached hydrogen (secondary N) is 1. The van der Waals surface area contributed by atoms with Gasteiger partial charge in [0.05, 0.1) is 0 Å². The van der Waals surface area contributed by atoms with Gasteiger partial charge in [0.2, 0.25) is 0 Å². The van der Waals surface area contributed by atoms with Gasteiger partial charge < -0.3 is 15.2 Å². The maximum absolute atomic E-state index is 12.3. The average Bonchev–Trinajstić information content (AvgIpc) is 2.62. The number of carbonyl (C=O) groups is 2. The first kappa shape index (κ1) is 17.8. The van der Waals surface area contributed by atoms with Gasteiger partial charge in [0.25, 0.3) is 5.91 Å². The maximum Gasteiger partial charge on any atom is 0.342 e. The summed E-state index contributed by atoms with van der Waals surface area (Å²) >= 11 is 5.87. The van der Waals surface area contributed by atoms with Crippen molar-refractivity contribution in [3.63, 3.8) is 0 Å². The summed E-state index contributed by atoms with van der Waals surface area (Å²) in [5, 5.41) is 14.8. The van der Waals surface area contributed by atoms with Gasteiger partial charge in [-0.1, -0.05) is 48.0 Å². The summed E-state index contributed by atoms with van der Waals surface area (Å²) in [5.41, 5.74) is 0.505. The molecule has 0 heterocycles. The second-order valence-corrected chi connectivity index (χ2v) is 6.17. The van der Waals surface area contributed by atoms with Crippen LogP contribution in [-0.4, -0.2) is 23.1 Å². The molecule has 1 atom stereocenters. The number of hydrogen-bond donors (Lipinski definition) is 2. The van der Waals surface area contributed by atoms with E-state index in [9.17, 15) is 14.7 Å². The highest BCUT2D eigenvalue weighted by Gasteiger charge is 2.22. The van der Waals surface area contributed by atoms with E-state index in [2.05, 4.69) is 5.32 Å². The Kier molecular flexibility index (Phi) is 5.09. The van der Waals surface area contributed by atoms with Crippen molar-refractivity contribution in [2.24, 2.45) is 0 Å². The van der Waals surface area contributed by atoms with Gasteiger partial charge in [-0.05, 0) is 36.6 Å². The highest BCUT2D eigenvalue weighted by molar-refractivity contribution is 6.30. The largest absolute Gasteiger partial charge is 0.506 e. The zero-order valence-electron chi connectivity index (χ0n) is 13.9. The van der Waals surface area contributed by atoms with Gasteiger partial charge in [-0.25, -0.2) is 4.79 Å². The lowest BCUT2D eigenvalue weighted by molar-refractivity contribution is -0.123. The SMILES string of the molecule is C[C@H](OC(=O)c1ccc2ccccc2c1O)C(=O)Nc1cccc(Cl)c1. The van der Waals surface area contributed by atoms with Gasteiger partial charge in [-0.3, -0.25) is 4.79 Å². The Bertz CT molecular complexity index is 986. The first-order valence-electron chi connectivity index (χ1n) is 7.94. The minimum atomic E-state index is -1.05. The molecule has 26 heavy (non-hydrogen) atoms. The molecule has 132 valence electrons. The lowest BCUT2D eigenvalue weighted by Crippen LogP contribution is -2.30. The highest BCUT2D eigenvalue weighted by atomic mass is 35.5. The Morgan fingerprint density at radius 2 is 1.85 bits per heavy atom. The Hall–Kier alpha value is -3.05. The molecule has 0 aliphatic heterocycles. The summed E-state index contributed by atoms with van der Waals surface area (Å²) < 4.78 is 5.19. The lowest BCUT2D eigenvalue weighted by atomic mass is 10.1. The summed E-state index contributed by atoms with van der Waals surface area (Å²) in [7, 11) is 0. The maximum atomic E-state index is 12.3. The van der Waals surface area contributed by atoms with E-state index in [0.29, 0.717) is 16.1 Å². The average molecular weight is 370 g/mol. The van der Waals surface area contributed by atoms with Gasteiger partial charge in [0, 0.05) is 16.1 Å². The number of carbonyl (C=O) groups excluding carboxylic acids is 2. The molecule has 1 amide bonds. The first-order chi connectivity index (χ1) is 12.5. The van der Waals surface area contributed by atoms with Crippen molar-refractivity contribution >= 4 is 39.9 Å². The molecular formula is C20H16ClNO4. The molecule has 5 nitrogen and oxygen atoms in total. The van der Waals surface area contributed by atoms with Crippen molar-refractivity contribution in [2.75, 3.05) is 5.32 Å². The van der Waals surface area contributed by atoms with Gasteiger partial charge in [-0.2, -0.15) is 0 Å². The summed E-state index contributed by atoms with van der Waals surface area (Å²) in [6.45, 7) is 1.45. The molecule has 0 radical (unpaired) electrons. The summed E-state index contributed by atoms with van der Waals surface area (Å²) in [6, 6.07) is 17.0. The minimum Gasteiger partial charge on any atom is -0.506 e. The lowest BCUT2D eigenvalue weighted by Gasteiger charge is -2.14. The summed E-state index contributed by atoms with van der Waals surface area (Å²) in [4.78, 5) is 24.5. The molecule has 0 aliphatic carbocycles. The summed E-state index contributed by atoms with van der Waals surface area (Å²) in [6.07, 6.45) is -1.05. The molecule has 0 spiro atoms. The van der Waals surface area contributed by atoms with Crippen LogP contribution in [0.5, 0.6) is 5.75 Å². The Morgan fingerprint density at radius 1 is 1.08 bits per heavy atom. The fourth-order valence-corrected chi connectivity index (χ4v) is 2.70. The summed E-state index contributed by atoms with van der Waals surface area (Å²) in [5.74, 6) is -1.45. The second-order valence-electron chi connectivity index (χ2n) is 5.73. The minimum absolute atomic E-state index is 0.00565. The number of aromatic hydroxyl groups is 1. The zero-order valence-corrected chi connectivity index (χ0v) is 14.7. The van der Waals surface area contributed by atoms with Crippen molar-refractivity contribution in [1.82, 2.24) is 0 Å². The fourth-order valence-electron chi connectivity index (χ4n) is 2.51. The molecule has 3 rings (SSSR count). The molecule has 6 heteroatoms. The number of hydrogen-bond acceptors (Lipinski definition) is 4. The monoisotopic (exact) mass is 369 g/mol. The van der Waals surface area contributed by atoms with Crippen LogP contribution >= 0.6 is 11.6 Å². The molecule has 0 saturated heterocycles. The van der Waals surface area contributed by atoms with Crippen LogP contribution in [0.3, 0.4) is 0 Å². The standard InChI is InChI=1S/C20H16ClNO4/c1-12(19(24)22-15-7-4-6-14(21)11-15)26-20(25)17-10-9-13-5-2-3-8-16(13)18(17)23/h2-12,23H,1H3,(H,22,24)/t12-/m0/s1. The number of amides is 1. The van der Waals surface area contributed by atoms with Gasteiger partial charge in [-0.15, -0.1) is 0 Å². The Morgan fingerprint density at radius 3 is 2.62 bits per heavy atom. The van der Waals surface area contributed by atoms with E-state index in [-0.39, 0.29) is 11.3 Å². The van der Waals surface area contributed by atoms with E-state index in [1.54, 1.807) is 42.5 Å². The number of phenolic OH excluding ortho intramolecular Hbond substituents is 1. The van der Waals surface area contributed by atoms with Gasteiger partial charge >= 0.3 is 5.97 Å².